The fourth-order valence-electron chi connectivity index (χ4n) is 4.00. The van der Waals surface area contributed by atoms with Crippen molar-refractivity contribution in [3.05, 3.63) is 22.8 Å². The zero-order valence-electron chi connectivity index (χ0n) is 12.2. The largest absolute Gasteiger partial charge is 0.478 e. The van der Waals surface area contributed by atoms with Gasteiger partial charge in [-0.15, -0.1) is 0 Å². The van der Waals surface area contributed by atoms with Crippen LogP contribution in [0.25, 0.3) is 0 Å². The van der Waals surface area contributed by atoms with Crippen molar-refractivity contribution in [1.82, 2.24) is 0 Å². The summed E-state index contributed by atoms with van der Waals surface area (Å²) in [7, 11) is 0. The molecule has 2 nitrogen and oxygen atoms in total. The highest BCUT2D eigenvalue weighted by atomic mass is 16.4. The summed E-state index contributed by atoms with van der Waals surface area (Å²) in [5.74, 6) is 1.27. The molecule has 2 atom stereocenters. The van der Waals surface area contributed by atoms with Crippen LogP contribution in [-0.4, -0.2) is 11.1 Å². The third-order valence-corrected chi connectivity index (χ3v) is 5.20. The molecule has 0 unspecified atom stereocenters. The number of carboxylic acids is 1. The number of rotatable bonds is 2. The van der Waals surface area contributed by atoms with Gasteiger partial charge in [0.05, 0.1) is 0 Å². The van der Waals surface area contributed by atoms with Crippen LogP contribution in [0, 0.1) is 23.2 Å². The Morgan fingerprint density at radius 3 is 2.42 bits per heavy atom. The van der Waals surface area contributed by atoms with Gasteiger partial charge in [-0.1, -0.05) is 44.4 Å². The van der Waals surface area contributed by atoms with Crippen molar-refractivity contribution in [1.29, 1.82) is 0 Å². The van der Waals surface area contributed by atoms with Crippen molar-refractivity contribution in [3.8, 4) is 0 Å². The van der Waals surface area contributed by atoms with Crippen LogP contribution in [0.3, 0.4) is 0 Å². The van der Waals surface area contributed by atoms with Crippen LogP contribution in [0.1, 0.15) is 52.9 Å². The van der Waals surface area contributed by atoms with Crippen LogP contribution in [0.2, 0.25) is 0 Å². The van der Waals surface area contributed by atoms with Gasteiger partial charge in [0, 0.05) is 11.5 Å². The number of allylic oxidation sites excluding steroid dienone is 3. The lowest BCUT2D eigenvalue weighted by atomic mass is 9.65. The molecule has 0 aliphatic heterocycles. The maximum atomic E-state index is 11.6. The predicted molar refractivity (Wildman–Crippen MR) is 75.8 cm³/mol. The molecule has 0 amide bonds. The first-order valence-electron chi connectivity index (χ1n) is 7.55. The smallest absolute Gasteiger partial charge is 0.332 e. The van der Waals surface area contributed by atoms with E-state index in [1.807, 2.05) is 20.8 Å². The van der Waals surface area contributed by atoms with Gasteiger partial charge in [-0.3, -0.25) is 0 Å². The Kier molecular flexibility index (Phi) is 2.88. The Balaban J connectivity index is 1.88. The summed E-state index contributed by atoms with van der Waals surface area (Å²) < 4.78 is 0. The third kappa shape index (κ3) is 2.05. The minimum absolute atomic E-state index is 0.251. The second-order valence-corrected chi connectivity index (χ2v) is 7.52. The molecule has 0 heterocycles. The van der Waals surface area contributed by atoms with Crippen molar-refractivity contribution in [3.63, 3.8) is 0 Å². The lowest BCUT2D eigenvalue weighted by molar-refractivity contribution is -0.133. The minimum Gasteiger partial charge on any atom is -0.478 e. The van der Waals surface area contributed by atoms with Gasteiger partial charge in [-0.2, -0.15) is 0 Å². The van der Waals surface area contributed by atoms with Crippen molar-refractivity contribution in [2.24, 2.45) is 23.2 Å². The standard InChI is InChI=1S/C17H24O2/c1-17(2,3)15(16(18)19)14-9-12-7-11(8-13(12)14)10-5-4-6-10/h8,10,12-13H,4-7,9H2,1-3H3,(H,18,19)/b15-14-/t12-,13-/m0/s1. The Bertz CT molecular complexity index is 472. The topological polar surface area (TPSA) is 37.3 Å². The summed E-state index contributed by atoms with van der Waals surface area (Å²) >= 11 is 0. The molecule has 0 aromatic heterocycles. The molecule has 2 heteroatoms. The minimum atomic E-state index is -0.716. The molecule has 0 saturated heterocycles. The van der Waals surface area contributed by atoms with E-state index in [4.69, 9.17) is 0 Å². The van der Waals surface area contributed by atoms with Gasteiger partial charge in [-0.25, -0.2) is 4.79 Å². The number of carbonyl (C=O) groups is 1. The summed E-state index contributed by atoms with van der Waals surface area (Å²) in [5.41, 5.74) is 3.26. The van der Waals surface area contributed by atoms with E-state index in [1.54, 1.807) is 5.57 Å². The molecule has 2 fully saturated rings. The van der Waals surface area contributed by atoms with Gasteiger partial charge in [-0.05, 0) is 42.9 Å². The lowest BCUT2D eigenvalue weighted by Gasteiger charge is -2.38. The first kappa shape index (κ1) is 13.0. The van der Waals surface area contributed by atoms with E-state index in [0.717, 1.165) is 12.3 Å². The van der Waals surface area contributed by atoms with Crippen molar-refractivity contribution < 1.29 is 9.90 Å². The monoisotopic (exact) mass is 260 g/mol. The molecule has 1 N–H and O–H groups in total. The normalized spacial score (nSPS) is 33.1. The van der Waals surface area contributed by atoms with Crippen LogP contribution >= 0.6 is 0 Å². The average molecular weight is 260 g/mol. The number of fused-ring (bicyclic) bond motifs is 1. The van der Waals surface area contributed by atoms with Gasteiger partial charge in [0.15, 0.2) is 0 Å². The van der Waals surface area contributed by atoms with E-state index < -0.39 is 5.97 Å². The molecule has 104 valence electrons. The highest BCUT2D eigenvalue weighted by Crippen LogP contribution is 2.55. The maximum Gasteiger partial charge on any atom is 0.332 e. The molecule has 0 spiro atoms. The molecule has 0 radical (unpaired) electrons. The predicted octanol–water partition coefficient (Wildman–Crippen LogP) is 4.18. The first-order valence-corrected chi connectivity index (χ1v) is 7.55. The zero-order valence-corrected chi connectivity index (χ0v) is 12.2. The summed E-state index contributed by atoms with van der Waals surface area (Å²) in [6.45, 7) is 6.05. The molecule has 0 aromatic rings. The van der Waals surface area contributed by atoms with Crippen molar-refractivity contribution >= 4 is 5.97 Å². The van der Waals surface area contributed by atoms with Gasteiger partial charge in [0.1, 0.15) is 0 Å². The van der Waals surface area contributed by atoms with Gasteiger partial charge in [0.25, 0.3) is 0 Å². The maximum absolute atomic E-state index is 11.6. The van der Waals surface area contributed by atoms with E-state index >= 15 is 0 Å². The van der Waals surface area contributed by atoms with E-state index in [9.17, 15) is 9.90 Å². The number of carboxylic acid groups (broad SMARTS) is 1. The Morgan fingerprint density at radius 2 is 1.95 bits per heavy atom. The van der Waals surface area contributed by atoms with E-state index in [1.165, 1.54) is 31.3 Å². The second kappa shape index (κ2) is 4.22. The van der Waals surface area contributed by atoms with Crippen LogP contribution in [-0.2, 0) is 4.79 Å². The van der Waals surface area contributed by atoms with Crippen molar-refractivity contribution in [2.45, 2.75) is 52.9 Å². The summed E-state index contributed by atoms with van der Waals surface area (Å²) in [5, 5.41) is 9.52. The summed E-state index contributed by atoms with van der Waals surface area (Å²) in [6, 6.07) is 0. The lowest BCUT2D eigenvalue weighted by Crippen LogP contribution is -2.31. The Morgan fingerprint density at radius 1 is 1.26 bits per heavy atom. The Hall–Kier alpha value is -1.05. The molecule has 0 aromatic carbocycles. The fourth-order valence-corrected chi connectivity index (χ4v) is 4.00. The van der Waals surface area contributed by atoms with Crippen molar-refractivity contribution in [2.75, 3.05) is 0 Å². The van der Waals surface area contributed by atoms with Crippen LogP contribution in [0.4, 0.5) is 0 Å². The highest BCUT2D eigenvalue weighted by molar-refractivity contribution is 5.89. The van der Waals surface area contributed by atoms with E-state index in [2.05, 4.69) is 6.08 Å². The molecule has 19 heavy (non-hydrogen) atoms. The molecule has 2 saturated carbocycles. The molecule has 0 bridgehead atoms. The molecular formula is C17H24O2. The van der Waals surface area contributed by atoms with Gasteiger partial charge in [0.2, 0.25) is 0 Å². The fraction of sp³-hybridized carbons (Fsp3) is 0.706. The average Bonchev–Trinajstić information content (AvgIpc) is 2.48. The summed E-state index contributed by atoms with van der Waals surface area (Å²) in [4.78, 5) is 11.6. The van der Waals surface area contributed by atoms with E-state index in [-0.39, 0.29) is 5.41 Å². The SMILES string of the molecule is CC(C)(C)/C(C(=O)O)=C1/C[C@@H]2CC(C3CCC3)=C[C@H]12. The van der Waals surface area contributed by atoms with E-state index in [0.29, 0.717) is 17.4 Å². The van der Waals surface area contributed by atoms with Crippen LogP contribution in [0.5, 0.6) is 0 Å². The van der Waals surface area contributed by atoms with Crippen LogP contribution < -0.4 is 0 Å². The summed E-state index contributed by atoms with van der Waals surface area (Å²) in [6.07, 6.45) is 8.75. The molecule has 3 rings (SSSR count). The van der Waals surface area contributed by atoms with Crippen LogP contribution in [0.15, 0.2) is 22.8 Å². The first-order chi connectivity index (χ1) is 8.88. The second-order valence-electron chi connectivity index (χ2n) is 7.52. The molecular weight excluding hydrogens is 236 g/mol. The van der Waals surface area contributed by atoms with Gasteiger partial charge < -0.3 is 5.11 Å². The van der Waals surface area contributed by atoms with Gasteiger partial charge >= 0.3 is 5.97 Å². The highest BCUT2D eigenvalue weighted by Gasteiger charge is 2.45. The Labute approximate surface area is 115 Å². The quantitative estimate of drug-likeness (QED) is 0.597. The zero-order chi connectivity index (χ0) is 13.8. The number of hydrogen-bond acceptors (Lipinski definition) is 1. The molecule has 3 aliphatic rings. The molecule has 3 aliphatic carbocycles. The number of aliphatic carboxylic acids is 1. The number of hydrogen-bond donors (Lipinski definition) is 1. The third-order valence-electron chi connectivity index (χ3n) is 5.20.